The minimum absolute atomic E-state index is 0.0366. The quantitative estimate of drug-likeness (QED) is 0.853. The number of nitrogens with one attached hydrogen (secondary N) is 2. The van der Waals surface area contributed by atoms with E-state index in [1.165, 1.54) is 6.42 Å². The lowest BCUT2D eigenvalue weighted by atomic mass is 9.90. The lowest BCUT2D eigenvalue weighted by Gasteiger charge is -2.28. The first kappa shape index (κ1) is 13.1. The summed E-state index contributed by atoms with van der Waals surface area (Å²) in [6, 6.07) is 1.76. The molecule has 2 atom stereocenters. The molecular weight excluding hydrogens is 228 g/mol. The van der Waals surface area contributed by atoms with Crippen LogP contribution in [0.4, 0.5) is 5.82 Å². The first-order valence-electron chi connectivity index (χ1n) is 6.80. The van der Waals surface area contributed by atoms with Crippen LogP contribution in [0.1, 0.15) is 33.1 Å². The van der Waals surface area contributed by atoms with Crippen LogP contribution in [0.3, 0.4) is 0 Å². The lowest BCUT2D eigenvalue weighted by Crippen LogP contribution is -2.46. The molecule has 0 bridgehead atoms. The maximum Gasteiger partial charge on any atom is 0.242 e. The van der Waals surface area contributed by atoms with E-state index in [9.17, 15) is 4.79 Å². The van der Waals surface area contributed by atoms with Gasteiger partial charge in [-0.2, -0.15) is 5.10 Å². The molecule has 1 fully saturated rings. The van der Waals surface area contributed by atoms with Crippen LogP contribution in [0.5, 0.6) is 0 Å². The average molecular weight is 250 g/mol. The normalized spacial score (nSPS) is 23.9. The fourth-order valence-electron chi connectivity index (χ4n) is 2.38. The Morgan fingerprint density at radius 3 is 3.11 bits per heavy atom. The molecule has 2 N–H and O–H groups in total. The van der Waals surface area contributed by atoms with Crippen LogP contribution in [-0.4, -0.2) is 28.3 Å². The SMILES string of the molecule is CCC1CCNC(C(=O)Nc2ccn(CC)n2)C1. The summed E-state index contributed by atoms with van der Waals surface area (Å²) in [6.45, 7) is 5.95. The molecule has 5 heteroatoms. The molecule has 1 amide bonds. The van der Waals surface area contributed by atoms with Crippen molar-refractivity contribution in [3.05, 3.63) is 12.3 Å². The Balaban J connectivity index is 1.90. The maximum atomic E-state index is 12.1. The van der Waals surface area contributed by atoms with E-state index >= 15 is 0 Å². The van der Waals surface area contributed by atoms with E-state index in [1.54, 1.807) is 4.68 Å². The summed E-state index contributed by atoms with van der Waals surface area (Å²) >= 11 is 0. The van der Waals surface area contributed by atoms with Crippen LogP contribution in [-0.2, 0) is 11.3 Å². The van der Waals surface area contributed by atoms with E-state index in [1.807, 2.05) is 19.2 Å². The van der Waals surface area contributed by atoms with Crippen LogP contribution in [0.25, 0.3) is 0 Å². The van der Waals surface area contributed by atoms with Crippen molar-refractivity contribution in [2.75, 3.05) is 11.9 Å². The van der Waals surface area contributed by atoms with Gasteiger partial charge in [0, 0.05) is 18.8 Å². The number of amides is 1. The molecule has 2 heterocycles. The fourth-order valence-corrected chi connectivity index (χ4v) is 2.38. The topological polar surface area (TPSA) is 59.0 Å². The zero-order valence-corrected chi connectivity index (χ0v) is 11.1. The van der Waals surface area contributed by atoms with Gasteiger partial charge in [0.2, 0.25) is 5.91 Å². The highest BCUT2D eigenvalue weighted by molar-refractivity contribution is 5.94. The van der Waals surface area contributed by atoms with E-state index in [0.717, 1.165) is 25.9 Å². The number of hydrogen-bond donors (Lipinski definition) is 2. The van der Waals surface area contributed by atoms with Crippen LogP contribution >= 0.6 is 0 Å². The molecule has 5 nitrogen and oxygen atoms in total. The standard InChI is InChI=1S/C13H22N4O/c1-3-10-5-7-14-11(9-10)13(18)15-12-6-8-17(4-2)16-12/h6,8,10-11,14H,3-5,7,9H2,1-2H3,(H,15,16,18). The molecule has 1 saturated heterocycles. The second-order valence-corrected chi connectivity index (χ2v) is 4.85. The minimum atomic E-state index is -0.0736. The number of anilines is 1. The number of carbonyl (C=O) groups excluding carboxylic acids is 1. The van der Waals surface area contributed by atoms with Crippen molar-refractivity contribution >= 4 is 11.7 Å². The number of aryl methyl sites for hydroxylation is 1. The lowest BCUT2D eigenvalue weighted by molar-refractivity contribution is -0.119. The van der Waals surface area contributed by atoms with Crippen molar-refractivity contribution in [1.29, 1.82) is 0 Å². The number of nitrogens with zero attached hydrogens (tertiary/aromatic N) is 2. The van der Waals surface area contributed by atoms with Crippen LogP contribution in [0.15, 0.2) is 12.3 Å². The summed E-state index contributed by atoms with van der Waals surface area (Å²) in [5.41, 5.74) is 0. The van der Waals surface area contributed by atoms with Crippen molar-refractivity contribution in [2.45, 2.75) is 45.7 Å². The van der Waals surface area contributed by atoms with E-state index < -0.39 is 0 Å². The number of carbonyl (C=O) groups is 1. The summed E-state index contributed by atoms with van der Waals surface area (Å²) < 4.78 is 1.80. The Hall–Kier alpha value is -1.36. The van der Waals surface area contributed by atoms with Crippen LogP contribution < -0.4 is 10.6 Å². The first-order valence-corrected chi connectivity index (χ1v) is 6.80. The van der Waals surface area contributed by atoms with Gasteiger partial charge in [0.15, 0.2) is 5.82 Å². The second kappa shape index (κ2) is 6.00. The molecule has 0 spiro atoms. The first-order chi connectivity index (χ1) is 8.72. The van der Waals surface area contributed by atoms with Crippen LogP contribution in [0, 0.1) is 5.92 Å². The molecule has 2 rings (SSSR count). The third kappa shape index (κ3) is 3.10. The van der Waals surface area contributed by atoms with E-state index in [-0.39, 0.29) is 11.9 Å². The molecular formula is C13H22N4O. The summed E-state index contributed by atoms with van der Waals surface area (Å²) in [5.74, 6) is 1.34. The molecule has 1 aromatic rings. The molecule has 2 unspecified atom stereocenters. The van der Waals surface area contributed by atoms with Gasteiger partial charge in [-0.15, -0.1) is 0 Å². The molecule has 0 saturated carbocycles. The van der Waals surface area contributed by atoms with Gasteiger partial charge in [-0.25, -0.2) is 0 Å². The van der Waals surface area contributed by atoms with Crippen molar-refractivity contribution in [2.24, 2.45) is 5.92 Å². The molecule has 0 aromatic carbocycles. The largest absolute Gasteiger partial charge is 0.308 e. The number of rotatable bonds is 4. The highest BCUT2D eigenvalue weighted by atomic mass is 16.2. The van der Waals surface area contributed by atoms with Crippen LogP contribution in [0.2, 0.25) is 0 Å². The average Bonchev–Trinajstić information content (AvgIpc) is 2.86. The van der Waals surface area contributed by atoms with Gasteiger partial charge in [0.25, 0.3) is 0 Å². The van der Waals surface area contributed by atoms with Gasteiger partial charge in [0.05, 0.1) is 6.04 Å². The van der Waals surface area contributed by atoms with E-state index in [2.05, 4.69) is 22.7 Å². The Kier molecular flexibility index (Phi) is 4.36. The van der Waals surface area contributed by atoms with Gasteiger partial charge >= 0.3 is 0 Å². The highest BCUT2D eigenvalue weighted by Gasteiger charge is 2.26. The van der Waals surface area contributed by atoms with Crippen molar-refractivity contribution < 1.29 is 4.79 Å². The van der Waals surface area contributed by atoms with Crippen molar-refractivity contribution in [1.82, 2.24) is 15.1 Å². The smallest absolute Gasteiger partial charge is 0.242 e. The second-order valence-electron chi connectivity index (χ2n) is 4.85. The zero-order valence-electron chi connectivity index (χ0n) is 11.1. The number of aromatic nitrogens is 2. The Morgan fingerprint density at radius 1 is 1.61 bits per heavy atom. The number of piperidine rings is 1. The van der Waals surface area contributed by atoms with Crippen molar-refractivity contribution in [3.63, 3.8) is 0 Å². The Labute approximate surface area is 108 Å². The minimum Gasteiger partial charge on any atom is -0.308 e. The van der Waals surface area contributed by atoms with Gasteiger partial charge < -0.3 is 10.6 Å². The third-order valence-corrected chi connectivity index (χ3v) is 3.62. The molecule has 100 valence electrons. The summed E-state index contributed by atoms with van der Waals surface area (Å²) in [6.07, 6.45) is 5.12. The summed E-state index contributed by atoms with van der Waals surface area (Å²) in [7, 11) is 0. The maximum absolute atomic E-state index is 12.1. The third-order valence-electron chi connectivity index (χ3n) is 3.62. The van der Waals surface area contributed by atoms with Gasteiger partial charge in [0.1, 0.15) is 0 Å². The van der Waals surface area contributed by atoms with Gasteiger partial charge in [-0.1, -0.05) is 13.3 Å². The van der Waals surface area contributed by atoms with Gasteiger partial charge in [-0.3, -0.25) is 9.48 Å². The predicted octanol–water partition coefficient (Wildman–Crippen LogP) is 1.62. The summed E-state index contributed by atoms with van der Waals surface area (Å²) in [4.78, 5) is 12.1. The molecule has 1 aliphatic rings. The molecule has 1 aromatic heterocycles. The van der Waals surface area contributed by atoms with E-state index in [4.69, 9.17) is 0 Å². The number of hydrogen-bond acceptors (Lipinski definition) is 3. The molecule has 0 aliphatic carbocycles. The van der Waals surface area contributed by atoms with Gasteiger partial charge in [-0.05, 0) is 32.2 Å². The molecule has 18 heavy (non-hydrogen) atoms. The zero-order chi connectivity index (χ0) is 13.0. The Bertz CT molecular complexity index is 401. The predicted molar refractivity (Wildman–Crippen MR) is 71.3 cm³/mol. The monoisotopic (exact) mass is 250 g/mol. The molecule has 0 radical (unpaired) electrons. The molecule has 1 aliphatic heterocycles. The van der Waals surface area contributed by atoms with Crippen molar-refractivity contribution in [3.8, 4) is 0 Å². The van der Waals surface area contributed by atoms with E-state index in [0.29, 0.717) is 11.7 Å². The summed E-state index contributed by atoms with van der Waals surface area (Å²) in [5, 5.41) is 10.4. The highest BCUT2D eigenvalue weighted by Crippen LogP contribution is 2.20. The fraction of sp³-hybridized carbons (Fsp3) is 0.692. The Morgan fingerprint density at radius 2 is 2.44 bits per heavy atom.